The second kappa shape index (κ2) is 9.38. The topological polar surface area (TPSA) is 139 Å². The van der Waals surface area contributed by atoms with E-state index < -0.39 is 0 Å². The Morgan fingerprint density at radius 1 is 0.481 bits per heavy atom. The van der Waals surface area contributed by atoms with E-state index in [2.05, 4.69) is 16.0 Å². The number of amides is 6. The largest absolute Gasteiger partial charge is 0.296 e. The Morgan fingerprint density at radius 2 is 0.852 bits per heavy atom. The van der Waals surface area contributed by atoms with Crippen LogP contribution in [0.2, 0.25) is 0 Å². The lowest BCUT2D eigenvalue weighted by Crippen LogP contribution is -2.43. The number of piperidine rings is 2. The molecule has 0 bridgehead atoms. The molecule has 9 nitrogen and oxygen atoms in total. The summed E-state index contributed by atoms with van der Waals surface area (Å²) in [7, 11) is 0. The molecule has 0 aromatic heterocycles. The first-order valence-corrected chi connectivity index (χ1v) is 9.26. The molecule has 3 N–H and O–H groups in total. The zero-order valence-electron chi connectivity index (χ0n) is 15.2. The molecule has 148 valence electrons. The van der Waals surface area contributed by atoms with Crippen molar-refractivity contribution in [3.8, 4) is 0 Å². The maximum absolute atomic E-state index is 11.1. The van der Waals surface area contributed by atoms with Crippen molar-refractivity contribution in [2.45, 2.75) is 70.6 Å². The van der Waals surface area contributed by atoms with E-state index in [1.807, 2.05) is 0 Å². The van der Waals surface area contributed by atoms with Gasteiger partial charge in [0.15, 0.2) is 0 Å². The molecule has 6 amide bonds. The lowest BCUT2D eigenvalue weighted by Gasteiger charge is -2.31. The second-order valence-electron chi connectivity index (χ2n) is 7.33. The molecule has 3 saturated heterocycles. The maximum atomic E-state index is 11.1. The highest BCUT2D eigenvalue weighted by molar-refractivity contribution is 6.01. The van der Waals surface area contributed by atoms with Gasteiger partial charge in [-0.1, -0.05) is 12.8 Å². The summed E-state index contributed by atoms with van der Waals surface area (Å²) in [6.45, 7) is 0. The van der Waals surface area contributed by atoms with Crippen LogP contribution in [-0.2, 0) is 28.8 Å². The van der Waals surface area contributed by atoms with Gasteiger partial charge < -0.3 is 0 Å². The average Bonchev–Trinajstić information content (AvgIpc) is 3.16. The predicted octanol–water partition coefficient (Wildman–Crippen LogP) is 0.220. The number of rotatable bonds is 0. The number of imide groups is 3. The van der Waals surface area contributed by atoms with Gasteiger partial charge in [0.05, 0.1) is 0 Å². The van der Waals surface area contributed by atoms with Crippen LogP contribution >= 0.6 is 0 Å². The Morgan fingerprint density at radius 3 is 1.19 bits per heavy atom. The molecular weight excluding hydrogens is 354 g/mol. The first kappa shape index (κ1) is 20.7. The van der Waals surface area contributed by atoms with Crippen molar-refractivity contribution in [3.05, 3.63) is 0 Å². The molecule has 1 aliphatic carbocycles. The van der Waals surface area contributed by atoms with Gasteiger partial charge in [0.25, 0.3) is 0 Å². The number of hydrogen-bond acceptors (Lipinski definition) is 6. The lowest BCUT2D eigenvalue weighted by atomic mass is 9.77. The molecule has 0 aromatic carbocycles. The summed E-state index contributed by atoms with van der Waals surface area (Å²) in [4.78, 5) is 63.1. The molecule has 0 radical (unpaired) electrons. The van der Waals surface area contributed by atoms with Crippen LogP contribution in [0.4, 0.5) is 0 Å². The maximum Gasteiger partial charge on any atom is 0.227 e. The van der Waals surface area contributed by atoms with Crippen LogP contribution in [0.1, 0.15) is 70.6 Å². The molecule has 3 aliphatic heterocycles. The summed E-state index contributed by atoms with van der Waals surface area (Å²) in [6, 6.07) is 0. The molecule has 1 spiro atoms. The van der Waals surface area contributed by atoms with Gasteiger partial charge in [0.2, 0.25) is 35.4 Å². The van der Waals surface area contributed by atoms with Gasteiger partial charge in [-0.2, -0.15) is 0 Å². The Hall–Kier alpha value is -2.58. The van der Waals surface area contributed by atoms with E-state index in [9.17, 15) is 28.8 Å². The molecule has 0 aromatic rings. The predicted molar refractivity (Wildman–Crippen MR) is 92.7 cm³/mol. The first-order valence-electron chi connectivity index (χ1n) is 9.26. The van der Waals surface area contributed by atoms with Gasteiger partial charge in [-0.25, -0.2) is 0 Å². The molecule has 0 unspecified atom stereocenters. The van der Waals surface area contributed by atoms with Crippen molar-refractivity contribution in [3.63, 3.8) is 0 Å². The lowest BCUT2D eigenvalue weighted by molar-refractivity contribution is -0.138. The fourth-order valence-corrected chi connectivity index (χ4v) is 3.66. The Balaban J connectivity index is 0.000000153. The summed E-state index contributed by atoms with van der Waals surface area (Å²) in [5.41, 5.74) is 0.0550. The highest BCUT2D eigenvalue weighted by Gasteiger charge is 2.41. The van der Waals surface area contributed by atoms with Crippen molar-refractivity contribution in [2.75, 3.05) is 0 Å². The fraction of sp³-hybridized carbons (Fsp3) is 0.667. The second-order valence-corrected chi connectivity index (χ2v) is 7.33. The zero-order chi connectivity index (χ0) is 19.9. The minimum absolute atomic E-state index is 0.0550. The number of carbonyl (C=O) groups excluding carboxylic acids is 6. The summed E-state index contributed by atoms with van der Waals surface area (Å²) >= 11 is 0. The van der Waals surface area contributed by atoms with Crippen LogP contribution in [-0.4, -0.2) is 35.4 Å². The molecule has 9 heteroatoms. The van der Waals surface area contributed by atoms with Gasteiger partial charge in [-0.15, -0.1) is 0 Å². The van der Waals surface area contributed by atoms with Gasteiger partial charge in [0, 0.05) is 38.5 Å². The zero-order valence-corrected chi connectivity index (χ0v) is 15.2. The molecule has 0 atom stereocenters. The van der Waals surface area contributed by atoms with Crippen molar-refractivity contribution in [1.82, 2.24) is 16.0 Å². The van der Waals surface area contributed by atoms with E-state index in [0.29, 0.717) is 44.9 Å². The molecule has 3 heterocycles. The van der Waals surface area contributed by atoms with Crippen LogP contribution in [0.3, 0.4) is 0 Å². The first-order chi connectivity index (χ1) is 12.8. The highest BCUT2D eigenvalue weighted by atomic mass is 16.2. The molecule has 4 rings (SSSR count). The van der Waals surface area contributed by atoms with E-state index in [1.54, 1.807) is 0 Å². The van der Waals surface area contributed by atoms with Crippen molar-refractivity contribution in [1.29, 1.82) is 0 Å². The average molecular weight is 379 g/mol. The summed E-state index contributed by atoms with van der Waals surface area (Å²) < 4.78 is 0. The minimum atomic E-state index is -0.148. The van der Waals surface area contributed by atoms with E-state index >= 15 is 0 Å². The third-order valence-corrected chi connectivity index (χ3v) is 4.96. The normalized spacial score (nSPS) is 23.6. The molecule has 27 heavy (non-hydrogen) atoms. The van der Waals surface area contributed by atoms with Gasteiger partial charge in [-0.3, -0.25) is 44.7 Å². The molecular formula is C18H25N3O6. The Bertz CT molecular complexity index is 605. The van der Waals surface area contributed by atoms with Crippen LogP contribution < -0.4 is 16.0 Å². The Kier molecular flexibility index (Phi) is 7.20. The van der Waals surface area contributed by atoms with Crippen molar-refractivity contribution < 1.29 is 28.8 Å². The third kappa shape index (κ3) is 6.92. The quantitative estimate of drug-likeness (QED) is 0.515. The van der Waals surface area contributed by atoms with Crippen LogP contribution in [0, 0.1) is 5.41 Å². The summed E-state index contributed by atoms with van der Waals surface area (Å²) in [6.07, 6.45) is 8.09. The summed E-state index contributed by atoms with van der Waals surface area (Å²) in [5.74, 6) is -0.723. The van der Waals surface area contributed by atoms with Gasteiger partial charge in [0.1, 0.15) is 0 Å². The van der Waals surface area contributed by atoms with E-state index in [-0.39, 0.29) is 40.9 Å². The van der Waals surface area contributed by atoms with Crippen molar-refractivity contribution >= 4 is 35.4 Å². The highest BCUT2D eigenvalue weighted by Crippen LogP contribution is 2.45. The monoisotopic (exact) mass is 379 g/mol. The molecule has 1 saturated carbocycles. The van der Waals surface area contributed by atoms with Gasteiger partial charge >= 0.3 is 0 Å². The smallest absolute Gasteiger partial charge is 0.227 e. The number of nitrogens with one attached hydrogen (secondary N) is 3. The number of carbonyl (C=O) groups is 6. The standard InChI is InChI=1S/C9H13NO2.C5H7NO2.C4H5NO2/c11-7-5-9(3-1-2-4-9)6-8(12)10-7;7-4-2-1-3-5(8)6-4;6-3-1-2-4(7)5-3/h1-6H2,(H,10,11,12);1-3H2,(H,6,7,8);1-2H2,(H,5,6,7). The fourth-order valence-electron chi connectivity index (χ4n) is 3.66. The Labute approximate surface area is 157 Å². The van der Waals surface area contributed by atoms with E-state index in [4.69, 9.17) is 0 Å². The van der Waals surface area contributed by atoms with Crippen LogP contribution in [0.25, 0.3) is 0 Å². The summed E-state index contributed by atoms with van der Waals surface area (Å²) in [5, 5.41) is 6.69. The van der Waals surface area contributed by atoms with E-state index in [0.717, 1.165) is 12.8 Å². The van der Waals surface area contributed by atoms with Gasteiger partial charge in [-0.05, 0) is 24.7 Å². The van der Waals surface area contributed by atoms with Crippen LogP contribution in [0.5, 0.6) is 0 Å². The van der Waals surface area contributed by atoms with Crippen LogP contribution in [0.15, 0.2) is 0 Å². The van der Waals surface area contributed by atoms with E-state index in [1.165, 1.54) is 12.8 Å². The molecule has 4 fully saturated rings. The molecule has 4 aliphatic rings. The third-order valence-electron chi connectivity index (χ3n) is 4.96. The van der Waals surface area contributed by atoms with Crippen molar-refractivity contribution in [2.24, 2.45) is 5.41 Å². The SMILES string of the molecule is O=C1CC2(CCCC2)CC(=O)N1.O=C1CCC(=O)N1.O=C1CCCC(=O)N1. The minimum Gasteiger partial charge on any atom is -0.296 e. The number of hydrogen-bond donors (Lipinski definition) is 3.